The van der Waals surface area contributed by atoms with Crippen molar-refractivity contribution in [1.82, 2.24) is 9.97 Å². The molecule has 0 unspecified atom stereocenters. The predicted molar refractivity (Wildman–Crippen MR) is 82.7 cm³/mol. The Hall–Kier alpha value is -0.680. The summed E-state index contributed by atoms with van der Waals surface area (Å²) in [5, 5.41) is 10.8. The fraction of sp³-hybridized carbons (Fsp3) is 0.733. The molecule has 2 fully saturated rings. The molecule has 1 saturated carbocycles. The van der Waals surface area contributed by atoms with Gasteiger partial charge >= 0.3 is 0 Å². The highest BCUT2D eigenvalue weighted by molar-refractivity contribution is 9.10. The standard InChI is InChI=1S/C15H22BrN3O/c1-15(20)7-3-2-5-11(15)13-6-4-8-19(13)14-12(16)9-17-10-18-14/h9-11,13,20H,2-8H2,1H3/t11-,13-,15+/m1/s1. The molecule has 2 aliphatic rings. The molecule has 0 aromatic carbocycles. The molecule has 20 heavy (non-hydrogen) atoms. The second-order valence-electron chi connectivity index (χ2n) is 6.31. The number of hydrogen-bond acceptors (Lipinski definition) is 4. The van der Waals surface area contributed by atoms with E-state index in [9.17, 15) is 5.11 Å². The molecule has 0 bridgehead atoms. The van der Waals surface area contributed by atoms with Crippen molar-refractivity contribution in [3.05, 3.63) is 17.0 Å². The van der Waals surface area contributed by atoms with Gasteiger partial charge in [-0.3, -0.25) is 0 Å². The van der Waals surface area contributed by atoms with E-state index in [-0.39, 0.29) is 0 Å². The maximum absolute atomic E-state index is 10.8. The topological polar surface area (TPSA) is 49.2 Å². The van der Waals surface area contributed by atoms with Crippen molar-refractivity contribution >= 4 is 21.7 Å². The minimum atomic E-state index is -0.537. The number of aliphatic hydroxyl groups is 1. The fourth-order valence-corrected chi connectivity index (χ4v) is 4.39. The Morgan fingerprint density at radius 3 is 2.95 bits per heavy atom. The highest BCUT2D eigenvalue weighted by Gasteiger charge is 2.43. The van der Waals surface area contributed by atoms with E-state index < -0.39 is 5.60 Å². The van der Waals surface area contributed by atoms with E-state index in [1.54, 1.807) is 12.5 Å². The lowest BCUT2D eigenvalue weighted by molar-refractivity contribution is -0.0411. The van der Waals surface area contributed by atoms with Crippen LogP contribution in [0.5, 0.6) is 0 Å². The average molecular weight is 340 g/mol. The maximum atomic E-state index is 10.8. The van der Waals surface area contributed by atoms with Crippen molar-refractivity contribution in [2.45, 2.75) is 57.1 Å². The van der Waals surface area contributed by atoms with E-state index in [1.165, 1.54) is 12.8 Å². The first-order valence-electron chi connectivity index (χ1n) is 7.54. The third kappa shape index (κ3) is 2.58. The van der Waals surface area contributed by atoms with Crippen molar-refractivity contribution in [2.24, 2.45) is 5.92 Å². The van der Waals surface area contributed by atoms with Crippen LogP contribution >= 0.6 is 15.9 Å². The minimum absolute atomic E-state index is 0.348. The number of nitrogens with zero attached hydrogens (tertiary/aromatic N) is 3. The van der Waals surface area contributed by atoms with Crippen LogP contribution < -0.4 is 4.90 Å². The van der Waals surface area contributed by atoms with Crippen molar-refractivity contribution in [3.63, 3.8) is 0 Å². The van der Waals surface area contributed by atoms with Crippen LogP contribution in [0, 0.1) is 5.92 Å². The van der Waals surface area contributed by atoms with Crippen molar-refractivity contribution in [2.75, 3.05) is 11.4 Å². The second kappa shape index (κ2) is 5.60. The molecule has 110 valence electrons. The van der Waals surface area contributed by atoms with Crippen LogP contribution in [0.15, 0.2) is 17.0 Å². The molecule has 3 atom stereocenters. The van der Waals surface area contributed by atoms with E-state index >= 15 is 0 Å². The number of anilines is 1. The molecule has 5 heteroatoms. The molecule has 0 amide bonds. The predicted octanol–water partition coefficient (Wildman–Crippen LogP) is 3.15. The molecule has 3 rings (SSSR count). The summed E-state index contributed by atoms with van der Waals surface area (Å²) in [4.78, 5) is 10.9. The summed E-state index contributed by atoms with van der Waals surface area (Å²) >= 11 is 3.56. The highest BCUT2D eigenvalue weighted by atomic mass is 79.9. The third-order valence-electron chi connectivity index (χ3n) is 4.93. The van der Waals surface area contributed by atoms with Gasteiger partial charge in [-0.2, -0.15) is 0 Å². The zero-order chi connectivity index (χ0) is 14.2. The Bertz CT molecular complexity index is 480. The van der Waals surface area contributed by atoms with Gasteiger partial charge in [0.15, 0.2) is 0 Å². The molecule has 1 saturated heterocycles. The Labute approximate surface area is 128 Å². The second-order valence-corrected chi connectivity index (χ2v) is 7.16. The number of halogens is 1. The molecule has 0 spiro atoms. The molecule has 1 aromatic rings. The summed E-state index contributed by atoms with van der Waals surface area (Å²) < 4.78 is 0.947. The summed E-state index contributed by atoms with van der Waals surface area (Å²) in [6.45, 7) is 3.04. The Morgan fingerprint density at radius 1 is 1.35 bits per heavy atom. The summed E-state index contributed by atoms with van der Waals surface area (Å²) in [5.41, 5.74) is -0.537. The van der Waals surface area contributed by atoms with Gasteiger partial charge in [0.2, 0.25) is 0 Å². The van der Waals surface area contributed by atoms with Crippen LogP contribution in [-0.4, -0.2) is 33.3 Å². The van der Waals surface area contributed by atoms with E-state index in [0.29, 0.717) is 12.0 Å². The van der Waals surface area contributed by atoms with Gasteiger partial charge in [-0.1, -0.05) is 12.8 Å². The first-order valence-corrected chi connectivity index (χ1v) is 8.33. The van der Waals surface area contributed by atoms with Gasteiger partial charge in [0, 0.05) is 24.7 Å². The number of aromatic nitrogens is 2. The highest BCUT2D eigenvalue weighted by Crippen LogP contribution is 2.42. The van der Waals surface area contributed by atoms with E-state index in [0.717, 1.165) is 42.5 Å². The summed E-state index contributed by atoms with van der Waals surface area (Å²) in [6.07, 6.45) is 10.2. The van der Waals surface area contributed by atoms with Gasteiger partial charge in [-0.15, -0.1) is 0 Å². The van der Waals surface area contributed by atoms with Gasteiger partial charge in [-0.05, 0) is 48.5 Å². The largest absolute Gasteiger partial charge is 0.390 e. The normalized spacial score (nSPS) is 34.5. The van der Waals surface area contributed by atoms with Gasteiger partial charge in [-0.25, -0.2) is 9.97 Å². The Morgan fingerprint density at radius 2 is 2.20 bits per heavy atom. The van der Waals surface area contributed by atoms with Crippen LogP contribution in [0.25, 0.3) is 0 Å². The van der Waals surface area contributed by atoms with E-state index in [2.05, 4.69) is 30.8 Å². The van der Waals surface area contributed by atoms with Gasteiger partial charge in [0.1, 0.15) is 12.1 Å². The molecular formula is C15H22BrN3O. The Balaban J connectivity index is 1.87. The molecule has 4 nitrogen and oxygen atoms in total. The van der Waals surface area contributed by atoms with Crippen LogP contribution in [0.2, 0.25) is 0 Å². The molecule has 1 aliphatic heterocycles. The Kier molecular flexibility index (Phi) is 4.00. The molecule has 2 heterocycles. The minimum Gasteiger partial charge on any atom is -0.390 e. The summed E-state index contributed by atoms with van der Waals surface area (Å²) in [5.74, 6) is 1.32. The zero-order valence-corrected chi connectivity index (χ0v) is 13.5. The van der Waals surface area contributed by atoms with Gasteiger partial charge in [0.25, 0.3) is 0 Å². The summed E-state index contributed by atoms with van der Waals surface area (Å²) in [7, 11) is 0. The molecular weight excluding hydrogens is 318 g/mol. The van der Waals surface area contributed by atoms with E-state index in [1.807, 2.05) is 6.92 Å². The maximum Gasteiger partial charge on any atom is 0.146 e. The quantitative estimate of drug-likeness (QED) is 0.899. The molecule has 1 aromatic heterocycles. The van der Waals surface area contributed by atoms with Crippen LogP contribution in [0.1, 0.15) is 45.4 Å². The van der Waals surface area contributed by atoms with Crippen molar-refractivity contribution in [3.8, 4) is 0 Å². The van der Waals surface area contributed by atoms with Crippen LogP contribution in [0.3, 0.4) is 0 Å². The van der Waals surface area contributed by atoms with Crippen LogP contribution in [-0.2, 0) is 0 Å². The SMILES string of the molecule is C[C@]1(O)CCCC[C@@H]1[C@H]1CCCN1c1ncncc1Br. The summed E-state index contributed by atoms with van der Waals surface area (Å²) in [6, 6.07) is 0.400. The van der Waals surface area contributed by atoms with Crippen molar-refractivity contribution < 1.29 is 5.11 Å². The van der Waals surface area contributed by atoms with Crippen LogP contribution in [0.4, 0.5) is 5.82 Å². The molecule has 0 radical (unpaired) electrons. The lowest BCUT2D eigenvalue weighted by Crippen LogP contribution is -2.49. The molecule has 1 N–H and O–H groups in total. The van der Waals surface area contributed by atoms with Gasteiger partial charge < -0.3 is 10.0 Å². The van der Waals surface area contributed by atoms with Gasteiger partial charge in [0.05, 0.1) is 10.1 Å². The van der Waals surface area contributed by atoms with Crippen molar-refractivity contribution in [1.29, 1.82) is 0 Å². The number of hydrogen-bond donors (Lipinski definition) is 1. The lowest BCUT2D eigenvalue weighted by Gasteiger charge is -2.44. The number of rotatable bonds is 2. The molecule has 1 aliphatic carbocycles. The lowest BCUT2D eigenvalue weighted by atomic mass is 9.72. The zero-order valence-electron chi connectivity index (χ0n) is 11.9. The first kappa shape index (κ1) is 14.3. The van der Waals surface area contributed by atoms with E-state index in [4.69, 9.17) is 0 Å². The monoisotopic (exact) mass is 339 g/mol. The average Bonchev–Trinajstić information content (AvgIpc) is 2.87. The smallest absolute Gasteiger partial charge is 0.146 e. The third-order valence-corrected chi connectivity index (χ3v) is 5.49. The first-order chi connectivity index (χ1) is 9.59. The fourth-order valence-electron chi connectivity index (χ4n) is 3.94.